The Morgan fingerprint density at radius 2 is 1.93 bits per heavy atom. The maximum Gasteiger partial charge on any atom is 0.122 e. The lowest BCUT2D eigenvalue weighted by molar-refractivity contribution is 0.0752. The van der Waals surface area contributed by atoms with Gasteiger partial charge in [-0.3, -0.25) is 0 Å². The van der Waals surface area contributed by atoms with E-state index >= 15 is 0 Å². The summed E-state index contributed by atoms with van der Waals surface area (Å²) in [5.74, 6) is 1.93. The molecule has 0 amide bonds. The molecule has 1 saturated carbocycles. The van der Waals surface area contributed by atoms with Gasteiger partial charge in [0.25, 0.3) is 0 Å². The SMILES string of the molecule is c1ccc2c(c1)C[C@@H]1CCCC[C@H]1O2. The average molecular weight is 188 g/mol. The van der Waals surface area contributed by atoms with Crippen molar-refractivity contribution >= 4 is 0 Å². The van der Waals surface area contributed by atoms with Gasteiger partial charge in [-0.1, -0.05) is 24.6 Å². The molecule has 1 nitrogen and oxygen atoms in total. The summed E-state index contributed by atoms with van der Waals surface area (Å²) in [6.45, 7) is 0. The highest BCUT2D eigenvalue weighted by Gasteiger charge is 2.31. The normalized spacial score (nSPS) is 30.0. The second-order valence-corrected chi connectivity index (χ2v) is 4.51. The van der Waals surface area contributed by atoms with E-state index in [9.17, 15) is 0 Å². The van der Waals surface area contributed by atoms with Crippen LogP contribution < -0.4 is 4.74 Å². The van der Waals surface area contributed by atoms with E-state index in [1.807, 2.05) is 0 Å². The van der Waals surface area contributed by atoms with Crippen molar-refractivity contribution in [1.82, 2.24) is 0 Å². The summed E-state index contributed by atoms with van der Waals surface area (Å²) in [6.07, 6.45) is 7.12. The highest BCUT2D eigenvalue weighted by Crippen LogP contribution is 2.37. The summed E-state index contributed by atoms with van der Waals surface area (Å²) in [4.78, 5) is 0. The molecule has 0 aromatic heterocycles. The van der Waals surface area contributed by atoms with Crippen LogP contribution in [0, 0.1) is 5.92 Å². The van der Waals surface area contributed by atoms with Crippen LogP contribution >= 0.6 is 0 Å². The minimum atomic E-state index is 0.513. The highest BCUT2D eigenvalue weighted by atomic mass is 16.5. The van der Waals surface area contributed by atoms with Gasteiger partial charge >= 0.3 is 0 Å². The van der Waals surface area contributed by atoms with Crippen LogP contribution in [0.4, 0.5) is 0 Å². The Balaban J connectivity index is 1.91. The first-order valence-electron chi connectivity index (χ1n) is 5.68. The van der Waals surface area contributed by atoms with Gasteiger partial charge in [0.2, 0.25) is 0 Å². The fraction of sp³-hybridized carbons (Fsp3) is 0.538. The standard InChI is InChI=1S/C13H16O/c1-3-7-12-10(5-1)9-11-6-2-4-8-13(11)14-12/h1,3,5,7,11,13H,2,4,6,8-9H2/t11-,13+/m0/s1. The van der Waals surface area contributed by atoms with Crippen LogP contribution in [-0.4, -0.2) is 6.10 Å². The van der Waals surface area contributed by atoms with Gasteiger partial charge in [0, 0.05) is 0 Å². The molecular weight excluding hydrogens is 172 g/mol. The van der Waals surface area contributed by atoms with Gasteiger partial charge in [-0.15, -0.1) is 0 Å². The molecule has 0 unspecified atom stereocenters. The number of hydrogen-bond acceptors (Lipinski definition) is 1. The van der Waals surface area contributed by atoms with E-state index in [1.54, 1.807) is 0 Å². The minimum absolute atomic E-state index is 0.513. The summed E-state index contributed by atoms with van der Waals surface area (Å²) >= 11 is 0. The molecular formula is C13H16O. The smallest absolute Gasteiger partial charge is 0.122 e. The van der Waals surface area contributed by atoms with Crippen molar-refractivity contribution in [2.45, 2.75) is 38.2 Å². The molecule has 0 saturated heterocycles. The third-order valence-electron chi connectivity index (χ3n) is 3.57. The molecule has 3 rings (SSSR count). The summed E-state index contributed by atoms with van der Waals surface area (Å²) in [6, 6.07) is 8.51. The highest BCUT2D eigenvalue weighted by molar-refractivity contribution is 5.35. The molecule has 1 aromatic rings. The Bertz CT molecular complexity index is 299. The molecule has 1 heteroatoms. The Hall–Kier alpha value is -0.980. The van der Waals surface area contributed by atoms with Crippen molar-refractivity contribution in [3.05, 3.63) is 29.8 Å². The molecule has 1 aliphatic carbocycles. The van der Waals surface area contributed by atoms with Gasteiger partial charge in [-0.25, -0.2) is 0 Å². The van der Waals surface area contributed by atoms with Gasteiger partial charge in [-0.2, -0.15) is 0 Å². The van der Waals surface area contributed by atoms with E-state index in [1.165, 1.54) is 37.7 Å². The molecule has 74 valence electrons. The van der Waals surface area contributed by atoms with E-state index < -0.39 is 0 Å². The molecule has 1 aliphatic heterocycles. The van der Waals surface area contributed by atoms with Gasteiger partial charge in [0.05, 0.1) is 0 Å². The van der Waals surface area contributed by atoms with E-state index in [2.05, 4.69) is 24.3 Å². The zero-order chi connectivity index (χ0) is 9.38. The summed E-state index contributed by atoms with van der Waals surface area (Å²) in [7, 11) is 0. The first-order valence-corrected chi connectivity index (χ1v) is 5.68. The van der Waals surface area contributed by atoms with E-state index in [4.69, 9.17) is 4.74 Å². The van der Waals surface area contributed by atoms with Crippen LogP contribution in [0.1, 0.15) is 31.2 Å². The molecule has 1 fully saturated rings. The van der Waals surface area contributed by atoms with E-state index in [-0.39, 0.29) is 0 Å². The van der Waals surface area contributed by atoms with Crippen LogP contribution in [0.5, 0.6) is 5.75 Å². The molecule has 14 heavy (non-hydrogen) atoms. The fourth-order valence-corrected chi connectivity index (χ4v) is 2.80. The van der Waals surface area contributed by atoms with Gasteiger partial charge in [0.1, 0.15) is 11.9 Å². The van der Waals surface area contributed by atoms with E-state index in [0.717, 1.165) is 11.7 Å². The van der Waals surface area contributed by atoms with Crippen molar-refractivity contribution in [3.63, 3.8) is 0 Å². The van der Waals surface area contributed by atoms with E-state index in [0.29, 0.717) is 6.10 Å². The van der Waals surface area contributed by atoms with Crippen LogP contribution in [-0.2, 0) is 6.42 Å². The van der Waals surface area contributed by atoms with Crippen molar-refractivity contribution in [3.8, 4) is 5.75 Å². The van der Waals surface area contributed by atoms with Crippen molar-refractivity contribution < 1.29 is 4.74 Å². The maximum atomic E-state index is 6.04. The lowest BCUT2D eigenvalue weighted by atomic mass is 9.80. The summed E-state index contributed by atoms with van der Waals surface area (Å²) in [5.41, 5.74) is 1.41. The zero-order valence-corrected chi connectivity index (χ0v) is 8.41. The number of hydrogen-bond donors (Lipinski definition) is 0. The van der Waals surface area contributed by atoms with Crippen molar-refractivity contribution in [1.29, 1.82) is 0 Å². The van der Waals surface area contributed by atoms with Gasteiger partial charge in [-0.05, 0) is 43.2 Å². The summed E-state index contributed by atoms with van der Waals surface area (Å²) in [5, 5.41) is 0. The van der Waals surface area contributed by atoms with Crippen LogP contribution in [0.2, 0.25) is 0 Å². The number of benzene rings is 1. The molecule has 2 atom stereocenters. The summed E-state index contributed by atoms with van der Waals surface area (Å²) < 4.78 is 6.04. The first-order chi connectivity index (χ1) is 6.93. The molecule has 1 heterocycles. The number of fused-ring (bicyclic) bond motifs is 2. The fourth-order valence-electron chi connectivity index (χ4n) is 2.80. The Kier molecular flexibility index (Phi) is 1.97. The Morgan fingerprint density at radius 1 is 1.07 bits per heavy atom. The number of rotatable bonds is 0. The Labute approximate surface area is 85.1 Å². The van der Waals surface area contributed by atoms with Crippen LogP contribution in [0.15, 0.2) is 24.3 Å². The third-order valence-corrected chi connectivity index (χ3v) is 3.57. The van der Waals surface area contributed by atoms with Gasteiger partial charge in [0.15, 0.2) is 0 Å². The predicted molar refractivity (Wildman–Crippen MR) is 56.5 cm³/mol. The third kappa shape index (κ3) is 1.31. The Morgan fingerprint density at radius 3 is 2.93 bits per heavy atom. The van der Waals surface area contributed by atoms with Crippen molar-refractivity contribution in [2.75, 3.05) is 0 Å². The maximum absolute atomic E-state index is 6.04. The van der Waals surface area contributed by atoms with Gasteiger partial charge < -0.3 is 4.74 Å². The lowest BCUT2D eigenvalue weighted by Gasteiger charge is -2.36. The quantitative estimate of drug-likeness (QED) is 0.607. The average Bonchev–Trinajstić information content (AvgIpc) is 2.26. The first kappa shape index (κ1) is 8.34. The van der Waals surface area contributed by atoms with Crippen LogP contribution in [0.3, 0.4) is 0 Å². The molecule has 0 bridgehead atoms. The predicted octanol–water partition coefficient (Wildman–Crippen LogP) is 3.18. The largest absolute Gasteiger partial charge is 0.490 e. The second-order valence-electron chi connectivity index (χ2n) is 4.51. The number of para-hydroxylation sites is 1. The van der Waals surface area contributed by atoms with Crippen LogP contribution in [0.25, 0.3) is 0 Å². The van der Waals surface area contributed by atoms with Crippen molar-refractivity contribution in [2.24, 2.45) is 5.92 Å². The zero-order valence-electron chi connectivity index (χ0n) is 8.41. The molecule has 0 N–H and O–H groups in total. The second kappa shape index (κ2) is 3.30. The molecule has 0 radical (unpaired) electrons. The molecule has 1 aromatic carbocycles. The molecule has 0 spiro atoms. The molecule has 2 aliphatic rings. The number of ether oxygens (including phenoxy) is 1. The monoisotopic (exact) mass is 188 g/mol. The minimum Gasteiger partial charge on any atom is -0.490 e. The topological polar surface area (TPSA) is 9.23 Å². The lowest BCUT2D eigenvalue weighted by Crippen LogP contribution is -2.35.